The van der Waals surface area contributed by atoms with E-state index in [1.807, 2.05) is 26.0 Å². The Morgan fingerprint density at radius 1 is 1.21 bits per heavy atom. The summed E-state index contributed by atoms with van der Waals surface area (Å²) in [6.07, 6.45) is 1.62. The van der Waals surface area contributed by atoms with Gasteiger partial charge < -0.3 is 10.2 Å². The number of nitrogens with zero attached hydrogens (tertiary/aromatic N) is 1. The van der Waals surface area contributed by atoms with Crippen molar-refractivity contribution in [3.05, 3.63) is 59.4 Å². The van der Waals surface area contributed by atoms with Crippen molar-refractivity contribution in [3.63, 3.8) is 0 Å². The Balaban J connectivity index is 2.11. The summed E-state index contributed by atoms with van der Waals surface area (Å²) < 4.78 is 24.8. The first-order valence-corrected chi connectivity index (χ1v) is 9.08. The molecule has 2 aromatic carbocycles. The average Bonchev–Trinajstić information content (AvgIpc) is 2.56. The first kappa shape index (κ1) is 18.1. The van der Waals surface area contributed by atoms with Crippen LogP contribution in [-0.2, 0) is 10.8 Å². The molecule has 4 nitrogen and oxygen atoms in total. The number of carbonyl (C=O) groups is 1. The molecule has 0 saturated carbocycles. The fourth-order valence-corrected chi connectivity index (χ4v) is 2.79. The number of halogens is 1. The average molecular weight is 348 g/mol. The Kier molecular flexibility index (Phi) is 5.72. The molecular weight excluding hydrogens is 327 g/mol. The third-order valence-electron chi connectivity index (χ3n) is 4.04. The molecule has 2 rings (SSSR count). The lowest BCUT2D eigenvalue weighted by Gasteiger charge is -2.26. The highest BCUT2D eigenvalue weighted by Crippen LogP contribution is 2.22. The predicted octanol–water partition coefficient (Wildman–Crippen LogP) is 4.10. The monoisotopic (exact) mass is 348 g/mol. The van der Waals surface area contributed by atoms with Gasteiger partial charge in [-0.2, -0.15) is 0 Å². The van der Waals surface area contributed by atoms with Crippen molar-refractivity contribution in [3.8, 4) is 0 Å². The fourth-order valence-electron chi connectivity index (χ4n) is 2.27. The molecule has 2 amide bonds. The molecule has 0 fully saturated rings. The van der Waals surface area contributed by atoms with Gasteiger partial charge in [0.15, 0.2) is 0 Å². The molecule has 2 unspecified atom stereocenters. The summed E-state index contributed by atoms with van der Waals surface area (Å²) in [5, 5.41) is 2.73. The van der Waals surface area contributed by atoms with Crippen LogP contribution >= 0.6 is 0 Å². The Labute approximate surface area is 144 Å². The van der Waals surface area contributed by atoms with Crippen molar-refractivity contribution in [2.45, 2.75) is 24.8 Å². The number of amides is 2. The van der Waals surface area contributed by atoms with Crippen LogP contribution in [0.1, 0.15) is 24.1 Å². The molecule has 0 aromatic heterocycles. The van der Waals surface area contributed by atoms with Gasteiger partial charge in [-0.1, -0.05) is 18.2 Å². The SMILES string of the molecule is Cc1ccc(F)cc1NC(=O)N(C)C(C)c1ccc(S(C)=O)cc1. The summed E-state index contributed by atoms with van der Waals surface area (Å²) in [5.41, 5.74) is 2.18. The minimum Gasteiger partial charge on any atom is -0.321 e. The lowest BCUT2D eigenvalue weighted by atomic mass is 10.1. The van der Waals surface area contributed by atoms with E-state index in [2.05, 4.69) is 5.32 Å². The number of rotatable bonds is 4. The van der Waals surface area contributed by atoms with Gasteiger partial charge in [0, 0.05) is 34.7 Å². The molecule has 0 spiro atoms. The second-order valence-electron chi connectivity index (χ2n) is 5.70. The lowest BCUT2D eigenvalue weighted by molar-refractivity contribution is 0.208. The normalized spacial score (nSPS) is 13.2. The van der Waals surface area contributed by atoms with E-state index in [9.17, 15) is 13.4 Å². The van der Waals surface area contributed by atoms with Gasteiger partial charge in [0.2, 0.25) is 0 Å². The molecule has 24 heavy (non-hydrogen) atoms. The van der Waals surface area contributed by atoms with E-state index in [1.54, 1.807) is 36.4 Å². The topological polar surface area (TPSA) is 49.4 Å². The van der Waals surface area contributed by atoms with Crippen LogP contribution in [0.3, 0.4) is 0 Å². The van der Waals surface area contributed by atoms with Gasteiger partial charge in [-0.15, -0.1) is 0 Å². The molecule has 0 heterocycles. The van der Waals surface area contributed by atoms with Gasteiger partial charge in [-0.25, -0.2) is 9.18 Å². The third kappa shape index (κ3) is 4.20. The van der Waals surface area contributed by atoms with Crippen molar-refractivity contribution in [1.29, 1.82) is 0 Å². The molecule has 0 saturated heterocycles. The van der Waals surface area contributed by atoms with Gasteiger partial charge in [-0.3, -0.25) is 4.21 Å². The second-order valence-corrected chi connectivity index (χ2v) is 7.08. The second kappa shape index (κ2) is 7.57. The number of hydrogen-bond donors (Lipinski definition) is 1. The molecule has 0 aliphatic rings. The van der Waals surface area contributed by atoms with Gasteiger partial charge >= 0.3 is 6.03 Å². The minimum absolute atomic E-state index is 0.182. The van der Waals surface area contributed by atoms with Crippen molar-refractivity contribution in [2.24, 2.45) is 0 Å². The first-order chi connectivity index (χ1) is 11.3. The van der Waals surface area contributed by atoms with Crippen molar-refractivity contribution in [1.82, 2.24) is 4.90 Å². The maximum atomic E-state index is 13.3. The van der Waals surface area contributed by atoms with E-state index in [0.717, 1.165) is 16.0 Å². The number of nitrogens with one attached hydrogen (secondary N) is 1. The minimum atomic E-state index is -1.03. The zero-order valence-electron chi connectivity index (χ0n) is 14.2. The Morgan fingerprint density at radius 2 is 1.83 bits per heavy atom. The number of carbonyl (C=O) groups excluding carboxylic acids is 1. The molecule has 0 radical (unpaired) electrons. The highest BCUT2D eigenvalue weighted by molar-refractivity contribution is 7.84. The Hall–Kier alpha value is -2.21. The molecule has 128 valence electrons. The lowest BCUT2D eigenvalue weighted by Crippen LogP contribution is -2.33. The highest BCUT2D eigenvalue weighted by atomic mass is 32.2. The molecule has 6 heteroatoms. The van der Waals surface area contributed by atoms with Gasteiger partial charge in [0.25, 0.3) is 0 Å². The summed E-state index contributed by atoms with van der Waals surface area (Å²) in [6, 6.07) is 11.1. The molecule has 1 N–H and O–H groups in total. The zero-order chi connectivity index (χ0) is 17.9. The summed E-state index contributed by atoms with van der Waals surface area (Å²) in [4.78, 5) is 14.7. The van der Waals surface area contributed by atoms with Crippen LogP contribution in [0.15, 0.2) is 47.4 Å². The number of benzene rings is 2. The van der Waals surface area contributed by atoms with Gasteiger partial charge in [0.1, 0.15) is 5.82 Å². The number of hydrogen-bond acceptors (Lipinski definition) is 2. The van der Waals surface area contributed by atoms with Crippen molar-refractivity contribution >= 4 is 22.5 Å². The van der Waals surface area contributed by atoms with Crippen LogP contribution in [0, 0.1) is 12.7 Å². The van der Waals surface area contributed by atoms with Crippen LogP contribution < -0.4 is 5.32 Å². The Bertz CT molecular complexity index is 762. The van der Waals surface area contributed by atoms with Crippen LogP contribution in [0.4, 0.5) is 14.9 Å². The summed E-state index contributed by atoms with van der Waals surface area (Å²) in [6.45, 7) is 3.71. The van der Waals surface area contributed by atoms with Crippen LogP contribution in [0.25, 0.3) is 0 Å². The van der Waals surface area contributed by atoms with Gasteiger partial charge in [-0.05, 0) is 49.2 Å². The van der Waals surface area contributed by atoms with E-state index in [0.29, 0.717) is 5.69 Å². The largest absolute Gasteiger partial charge is 0.322 e. The molecule has 0 aliphatic carbocycles. The molecule has 0 aliphatic heterocycles. The van der Waals surface area contributed by atoms with Crippen molar-refractivity contribution in [2.75, 3.05) is 18.6 Å². The van der Waals surface area contributed by atoms with E-state index >= 15 is 0 Å². The van der Waals surface area contributed by atoms with E-state index in [-0.39, 0.29) is 12.1 Å². The molecule has 2 atom stereocenters. The van der Waals surface area contributed by atoms with Gasteiger partial charge in [0.05, 0.1) is 6.04 Å². The quantitative estimate of drug-likeness (QED) is 0.904. The smallest absolute Gasteiger partial charge is 0.321 e. The summed E-state index contributed by atoms with van der Waals surface area (Å²) >= 11 is 0. The summed E-state index contributed by atoms with van der Waals surface area (Å²) in [7, 11) is 0.651. The maximum absolute atomic E-state index is 13.3. The van der Waals surface area contributed by atoms with Crippen molar-refractivity contribution < 1.29 is 13.4 Å². The molecule has 2 aromatic rings. The van der Waals surface area contributed by atoms with E-state index < -0.39 is 16.6 Å². The number of urea groups is 1. The number of aryl methyl sites for hydroxylation is 1. The summed E-state index contributed by atoms with van der Waals surface area (Å²) in [5.74, 6) is -0.394. The van der Waals surface area contributed by atoms with E-state index in [4.69, 9.17) is 0 Å². The van der Waals surface area contributed by atoms with Crippen LogP contribution in [0.2, 0.25) is 0 Å². The predicted molar refractivity (Wildman–Crippen MR) is 95.1 cm³/mol. The first-order valence-electron chi connectivity index (χ1n) is 7.53. The van der Waals surface area contributed by atoms with Crippen LogP contribution in [-0.4, -0.2) is 28.4 Å². The number of anilines is 1. The molecular formula is C18H21FN2O2S. The standard InChI is InChI=1S/C18H21FN2O2S/c1-12-5-8-15(19)11-17(12)20-18(22)21(3)13(2)14-6-9-16(10-7-14)24(4)23/h5-11,13H,1-4H3,(H,20,22). The highest BCUT2D eigenvalue weighted by Gasteiger charge is 2.18. The fraction of sp³-hybridized carbons (Fsp3) is 0.278. The Morgan fingerprint density at radius 3 is 2.42 bits per heavy atom. The maximum Gasteiger partial charge on any atom is 0.322 e. The zero-order valence-corrected chi connectivity index (χ0v) is 15.0. The molecule has 0 bridgehead atoms. The van der Waals surface area contributed by atoms with E-state index in [1.165, 1.54) is 12.1 Å². The third-order valence-corrected chi connectivity index (χ3v) is 4.97. The van der Waals surface area contributed by atoms with Crippen LogP contribution in [0.5, 0.6) is 0 Å².